The van der Waals surface area contributed by atoms with Gasteiger partial charge in [0, 0.05) is 36.9 Å². The van der Waals surface area contributed by atoms with E-state index in [1.807, 2.05) is 13.0 Å². The van der Waals surface area contributed by atoms with Crippen molar-refractivity contribution in [1.82, 2.24) is 14.9 Å². The van der Waals surface area contributed by atoms with Crippen LogP contribution in [0.4, 0.5) is 11.5 Å². The number of rotatable bonds is 3. The predicted molar refractivity (Wildman–Crippen MR) is 95.9 cm³/mol. The number of benzene rings is 1. The van der Waals surface area contributed by atoms with Gasteiger partial charge in [0.15, 0.2) is 0 Å². The lowest BCUT2D eigenvalue weighted by Gasteiger charge is -2.32. The summed E-state index contributed by atoms with van der Waals surface area (Å²) < 4.78 is 0. The van der Waals surface area contributed by atoms with E-state index in [1.54, 1.807) is 18.3 Å². The third kappa shape index (κ3) is 3.83. The number of aromatic nitrogens is 2. The molecule has 0 aliphatic carbocycles. The van der Waals surface area contributed by atoms with Gasteiger partial charge in [0.1, 0.15) is 11.5 Å². The summed E-state index contributed by atoms with van der Waals surface area (Å²) in [4.78, 5) is 25.4. The molecule has 3 rings (SSSR count). The minimum absolute atomic E-state index is 0.284. The standard InChI is InChI=1S/C17H20ClN5O/c1-12-3-4-13(18)9-14(12)21-17(24)15-10-20-16(11-19-15)23-7-5-22(2)6-8-23/h3-4,9-11H,5-8H2,1-2H3,(H,21,24). The van der Waals surface area contributed by atoms with Gasteiger partial charge in [-0.25, -0.2) is 9.97 Å². The normalized spacial score (nSPS) is 15.4. The largest absolute Gasteiger partial charge is 0.353 e. The van der Waals surface area contributed by atoms with Gasteiger partial charge in [-0.1, -0.05) is 17.7 Å². The summed E-state index contributed by atoms with van der Waals surface area (Å²) >= 11 is 5.98. The lowest BCUT2D eigenvalue weighted by molar-refractivity contribution is 0.102. The van der Waals surface area contributed by atoms with Crippen molar-refractivity contribution in [2.45, 2.75) is 6.92 Å². The molecule has 6 nitrogen and oxygen atoms in total. The first kappa shape index (κ1) is 16.7. The van der Waals surface area contributed by atoms with Crippen molar-refractivity contribution in [2.24, 2.45) is 0 Å². The summed E-state index contributed by atoms with van der Waals surface area (Å²) in [5.74, 6) is 0.511. The molecule has 0 saturated carbocycles. The zero-order valence-electron chi connectivity index (χ0n) is 13.8. The maximum Gasteiger partial charge on any atom is 0.275 e. The number of nitrogens with one attached hydrogen (secondary N) is 1. The van der Waals surface area contributed by atoms with Crippen LogP contribution in [0.2, 0.25) is 5.02 Å². The fourth-order valence-electron chi connectivity index (χ4n) is 2.55. The maximum atomic E-state index is 12.3. The van der Waals surface area contributed by atoms with Crippen LogP contribution >= 0.6 is 11.6 Å². The van der Waals surface area contributed by atoms with Crippen LogP contribution < -0.4 is 10.2 Å². The Balaban J connectivity index is 1.68. The number of carbonyl (C=O) groups excluding carboxylic acids is 1. The number of hydrogen-bond donors (Lipinski definition) is 1. The highest BCUT2D eigenvalue weighted by Gasteiger charge is 2.16. The lowest BCUT2D eigenvalue weighted by Crippen LogP contribution is -2.44. The van der Waals surface area contributed by atoms with Crippen molar-refractivity contribution in [2.75, 3.05) is 43.4 Å². The fraction of sp³-hybridized carbons (Fsp3) is 0.353. The Bertz CT molecular complexity index is 726. The van der Waals surface area contributed by atoms with Crippen LogP contribution in [0.25, 0.3) is 0 Å². The molecule has 0 bridgehead atoms. The Morgan fingerprint density at radius 3 is 2.58 bits per heavy atom. The second-order valence-corrected chi connectivity index (χ2v) is 6.40. The van der Waals surface area contributed by atoms with E-state index in [4.69, 9.17) is 11.6 Å². The molecule has 0 unspecified atom stereocenters. The molecule has 1 aromatic carbocycles. The number of anilines is 2. The molecule has 0 radical (unpaired) electrons. The molecule has 1 fully saturated rings. The Labute approximate surface area is 146 Å². The summed E-state index contributed by atoms with van der Waals surface area (Å²) in [6, 6.07) is 5.37. The van der Waals surface area contributed by atoms with Gasteiger partial charge in [-0.15, -0.1) is 0 Å². The third-order valence-electron chi connectivity index (χ3n) is 4.15. The number of hydrogen-bond acceptors (Lipinski definition) is 5. The van der Waals surface area contributed by atoms with Crippen molar-refractivity contribution in [3.8, 4) is 0 Å². The monoisotopic (exact) mass is 345 g/mol. The van der Waals surface area contributed by atoms with E-state index in [0.29, 0.717) is 10.7 Å². The van der Waals surface area contributed by atoms with Gasteiger partial charge in [0.2, 0.25) is 0 Å². The van der Waals surface area contributed by atoms with Crippen LogP contribution in [-0.2, 0) is 0 Å². The smallest absolute Gasteiger partial charge is 0.275 e. The van der Waals surface area contributed by atoms with Crippen LogP contribution in [0.5, 0.6) is 0 Å². The molecule has 0 spiro atoms. The number of carbonyl (C=O) groups is 1. The van der Waals surface area contributed by atoms with Crippen LogP contribution in [0.15, 0.2) is 30.6 Å². The molecule has 2 heterocycles. The molecular weight excluding hydrogens is 326 g/mol. The van der Waals surface area contributed by atoms with E-state index in [-0.39, 0.29) is 11.6 Å². The molecule has 1 N–H and O–H groups in total. The molecule has 24 heavy (non-hydrogen) atoms. The number of halogens is 1. The van der Waals surface area contributed by atoms with E-state index in [2.05, 4.69) is 32.1 Å². The van der Waals surface area contributed by atoms with Crippen LogP contribution in [0.1, 0.15) is 16.1 Å². The van der Waals surface area contributed by atoms with Crippen molar-refractivity contribution < 1.29 is 4.79 Å². The Morgan fingerprint density at radius 2 is 1.92 bits per heavy atom. The maximum absolute atomic E-state index is 12.3. The van der Waals surface area contributed by atoms with Crippen molar-refractivity contribution in [1.29, 1.82) is 0 Å². The molecule has 1 amide bonds. The molecule has 1 saturated heterocycles. The molecule has 2 aromatic rings. The van der Waals surface area contributed by atoms with Crippen molar-refractivity contribution in [3.63, 3.8) is 0 Å². The van der Waals surface area contributed by atoms with E-state index in [0.717, 1.165) is 37.6 Å². The van der Waals surface area contributed by atoms with Crippen molar-refractivity contribution >= 4 is 29.0 Å². The van der Waals surface area contributed by atoms with E-state index in [9.17, 15) is 4.79 Å². The second kappa shape index (κ2) is 7.15. The average Bonchev–Trinajstić information content (AvgIpc) is 2.59. The summed E-state index contributed by atoms with van der Waals surface area (Å²) in [6.07, 6.45) is 3.17. The average molecular weight is 346 g/mol. The number of nitrogens with zero attached hydrogens (tertiary/aromatic N) is 4. The van der Waals surface area contributed by atoms with Gasteiger partial charge >= 0.3 is 0 Å². The van der Waals surface area contributed by atoms with E-state index >= 15 is 0 Å². The van der Waals surface area contributed by atoms with Gasteiger partial charge < -0.3 is 15.1 Å². The predicted octanol–water partition coefficient (Wildman–Crippen LogP) is 2.44. The van der Waals surface area contributed by atoms with Gasteiger partial charge in [-0.2, -0.15) is 0 Å². The van der Waals surface area contributed by atoms with Gasteiger partial charge in [0.05, 0.1) is 12.4 Å². The fourth-order valence-corrected chi connectivity index (χ4v) is 2.72. The Hall–Kier alpha value is -2.18. The van der Waals surface area contributed by atoms with Gasteiger partial charge in [-0.3, -0.25) is 4.79 Å². The highest BCUT2D eigenvalue weighted by molar-refractivity contribution is 6.31. The molecule has 1 aliphatic heterocycles. The van der Waals surface area contributed by atoms with E-state index in [1.165, 1.54) is 6.20 Å². The Morgan fingerprint density at radius 1 is 1.17 bits per heavy atom. The Kier molecular flexibility index (Phi) is 4.97. The molecular formula is C17H20ClN5O. The van der Waals surface area contributed by atoms with Crippen LogP contribution in [0, 0.1) is 6.92 Å². The molecule has 1 aliphatic rings. The first-order valence-electron chi connectivity index (χ1n) is 7.86. The third-order valence-corrected chi connectivity index (χ3v) is 4.38. The first-order valence-corrected chi connectivity index (χ1v) is 8.24. The zero-order valence-corrected chi connectivity index (χ0v) is 14.5. The minimum Gasteiger partial charge on any atom is -0.353 e. The van der Waals surface area contributed by atoms with Crippen LogP contribution in [0.3, 0.4) is 0 Å². The summed E-state index contributed by atoms with van der Waals surface area (Å²) in [7, 11) is 2.11. The second-order valence-electron chi connectivity index (χ2n) is 5.96. The zero-order chi connectivity index (χ0) is 17.1. The minimum atomic E-state index is -0.294. The summed E-state index contributed by atoms with van der Waals surface area (Å²) in [5.41, 5.74) is 1.90. The van der Waals surface area contributed by atoms with Gasteiger partial charge in [-0.05, 0) is 31.7 Å². The summed E-state index contributed by atoms with van der Waals surface area (Å²) in [5, 5.41) is 3.40. The highest BCUT2D eigenvalue weighted by Crippen LogP contribution is 2.21. The number of aryl methyl sites for hydroxylation is 1. The molecule has 7 heteroatoms. The highest BCUT2D eigenvalue weighted by atomic mass is 35.5. The first-order chi connectivity index (χ1) is 11.5. The van der Waals surface area contributed by atoms with Crippen molar-refractivity contribution in [3.05, 3.63) is 46.9 Å². The lowest BCUT2D eigenvalue weighted by atomic mass is 10.2. The molecule has 126 valence electrons. The van der Waals surface area contributed by atoms with E-state index < -0.39 is 0 Å². The summed E-state index contributed by atoms with van der Waals surface area (Å²) in [6.45, 7) is 5.74. The quantitative estimate of drug-likeness (QED) is 0.925. The molecule has 1 aromatic heterocycles. The van der Waals surface area contributed by atoms with Gasteiger partial charge in [0.25, 0.3) is 5.91 Å². The van der Waals surface area contributed by atoms with Crippen LogP contribution in [-0.4, -0.2) is 54.0 Å². The topological polar surface area (TPSA) is 61.4 Å². The SMILES string of the molecule is Cc1ccc(Cl)cc1NC(=O)c1cnc(N2CCN(C)CC2)cn1. The number of piperazine rings is 1. The molecule has 0 atom stereocenters. The number of likely N-dealkylation sites (N-methyl/N-ethyl adjacent to an activating group) is 1. The number of amides is 1.